The lowest BCUT2D eigenvalue weighted by atomic mass is 10.1. The van der Waals surface area contributed by atoms with E-state index in [0.29, 0.717) is 23.8 Å². The highest BCUT2D eigenvalue weighted by Gasteiger charge is 2.34. The van der Waals surface area contributed by atoms with Gasteiger partial charge in [0.1, 0.15) is 0 Å². The smallest absolute Gasteiger partial charge is 0.254 e. The number of aryl methyl sites for hydroxylation is 3. The first kappa shape index (κ1) is 24.7. The number of nitrogens with one attached hydrogen (secondary N) is 1. The Morgan fingerprint density at radius 1 is 1.11 bits per heavy atom. The lowest BCUT2D eigenvalue weighted by molar-refractivity contribution is -0.113. The summed E-state index contributed by atoms with van der Waals surface area (Å²) in [6.07, 6.45) is 3.52. The Balaban J connectivity index is 1.48. The zero-order chi connectivity index (χ0) is 24.9. The summed E-state index contributed by atoms with van der Waals surface area (Å²) in [6, 6.07) is 13.4. The molecule has 1 atom stereocenters. The molecule has 1 aromatic heterocycles. The normalized spacial score (nSPS) is 15.3. The van der Waals surface area contributed by atoms with Crippen LogP contribution in [-0.2, 0) is 11.3 Å². The lowest BCUT2D eigenvalue weighted by Crippen LogP contribution is -2.32. The number of aromatic nitrogens is 3. The molecule has 4 rings (SSSR count). The van der Waals surface area contributed by atoms with Gasteiger partial charge in [-0.2, -0.15) is 0 Å². The van der Waals surface area contributed by atoms with Crippen LogP contribution in [0.4, 0.5) is 5.69 Å². The summed E-state index contributed by atoms with van der Waals surface area (Å²) >= 11 is 1.34. The molecule has 1 aliphatic heterocycles. The number of allylic oxidation sites excluding steroid dienone is 1. The van der Waals surface area contributed by atoms with Crippen LogP contribution in [0.3, 0.4) is 0 Å². The Labute approximate surface area is 210 Å². The van der Waals surface area contributed by atoms with Crippen molar-refractivity contribution in [3.05, 3.63) is 83.2 Å². The zero-order valence-electron chi connectivity index (χ0n) is 20.5. The Hall–Kier alpha value is -3.39. The molecule has 1 aliphatic rings. The summed E-state index contributed by atoms with van der Waals surface area (Å²) in [5.41, 5.74) is 4.89. The van der Waals surface area contributed by atoms with Gasteiger partial charge in [0.05, 0.1) is 11.8 Å². The van der Waals surface area contributed by atoms with Crippen molar-refractivity contribution in [3.8, 4) is 0 Å². The Bertz CT molecular complexity index is 1230. The van der Waals surface area contributed by atoms with Gasteiger partial charge in [0, 0.05) is 24.3 Å². The van der Waals surface area contributed by atoms with E-state index in [1.165, 1.54) is 17.3 Å². The van der Waals surface area contributed by atoms with Crippen LogP contribution in [0.2, 0.25) is 0 Å². The van der Waals surface area contributed by atoms with Gasteiger partial charge in [0.15, 0.2) is 11.0 Å². The van der Waals surface area contributed by atoms with Crippen LogP contribution >= 0.6 is 11.8 Å². The van der Waals surface area contributed by atoms with Gasteiger partial charge < -0.3 is 14.8 Å². The molecule has 2 amide bonds. The quantitative estimate of drug-likeness (QED) is 0.352. The van der Waals surface area contributed by atoms with Gasteiger partial charge in [-0.1, -0.05) is 41.6 Å². The van der Waals surface area contributed by atoms with Crippen molar-refractivity contribution in [2.75, 3.05) is 17.6 Å². The zero-order valence-corrected chi connectivity index (χ0v) is 21.3. The van der Waals surface area contributed by atoms with Gasteiger partial charge in [-0.15, -0.1) is 16.8 Å². The number of anilines is 1. The Morgan fingerprint density at radius 2 is 1.89 bits per heavy atom. The van der Waals surface area contributed by atoms with Crippen LogP contribution in [0.1, 0.15) is 51.8 Å². The first-order chi connectivity index (χ1) is 16.9. The highest BCUT2D eigenvalue weighted by atomic mass is 32.2. The molecule has 1 fully saturated rings. The highest BCUT2D eigenvalue weighted by molar-refractivity contribution is 7.99. The van der Waals surface area contributed by atoms with Crippen LogP contribution in [0, 0.1) is 20.8 Å². The van der Waals surface area contributed by atoms with Gasteiger partial charge in [-0.05, 0) is 69.0 Å². The van der Waals surface area contributed by atoms with Crippen molar-refractivity contribution in [1.29, 1.82) is 0 Å². The van der Waals surface area contributed by atoms with Crippen molar-refractivity contribution in [2.24, 2.45) is 0 Å². The standard InChI is InChI=1S/C27H31N5O2S/c1-5-14-32-25(23-7-6-15-31(23)26(34)21-11-8-18(2)9-12-21)29-30-27(32)35-17-24(33)28-22-13-10-19(3)20(4)16-22/h5,8-13,16,23H,1,6-7,14-15,17H2,2-4H3,(H,28,33). The third-order valence-corrected chi connectivity index (χ3v) is 7.26. The molecule has 2 aromatic carbocycles. The van der Waals surface area contributed by atoms with Crippen molar-refractivity contribution in [2.45, 2.75) is 51.4 Å². The molecular weight excluding hydrogens is 458 g/mol. The fraction of sp³-hybridized carbons (Fsp3) is 0.333. The lowest BCUT2D eigenvalue weighted by Gasteiger charge is -2.24. The van der Waals surface area contributed by atoms with Crippen molar-refractivity contribution < 1.29 is 9.59 Å². The number of amides is 2. The number of thioether (sulfide) groups is 1. The van der Waals surface area contributed by atoms with Crippen LogP contribution in [0.25, 0.3) is 0 Å². The van der Waals surface area contributed by atoms with E-state index in [1.807, 2.05) is 72.7 Å². The second-order valence-electron chi connectivity index (χ2n) is 8.90. The summed E-state index contributed by atoms with van der Waals surface area (Å²) in [4.78, 5) is 27.7. The average molecular weight is 490 g/mol. The van der Waals surface area contributed by atoms with E-state index in [-0.39, 0.29) is 23.6 Å². The van der Waals surface area contributed by atoms with E-state index < -0.39 is 0 Å². The number of carbonyl (C=O) groups is 2. The van der Waals surface area contributed by atoms with E-state index in [0.717, 1.165) is 35.5 Å². The number of hydrogen-bond donors (Lipinski definition) is 1. The molecule has 1 unspecified atom stereocenters. The summed E-state index contributed by atoms with van der Waals surface area (Å²) in [7, 11) is 0. The summed E-state index contributed by atoms with van der Waals surface area (Å²) in [6.45, 7) is 11.1. The summed E-state index contributed by atoms with van der Waals surface area (Å²) < 4.78 is 1.96. The van der Waals surface area contributed by atoms with Crippen LogP contribution in [0.5, 0.6) is 0 Å². The molecule has 8 heteroatoms. The summed E-state index contributed by atoms with van der Waals surface area (Å²) in [5.74, 6) is 0.839. The molecule has 7 nitrogen and oxygen atoms in total. The third-order valence-electron chi connectivity index (χ3n) is 6.29. The van der Waals surface area contributed by atoms with E-state index in [9.17, 15) is 9.59 Å². The molecule has 0 saturated carbocycles. The molecule has 182 valence electrons. The maximum Gasteiger partial charge on any atom is 0.254 e. The first-order valence-corrected chi connectivity index (χ1v) is 12.8. The summed E-state index contributed by atoms with van der Waals surface area (Å²) in [5, 5.41) is 12.4. The largest absolute Gasteiger partial charge is 0.328 e. The average Bonchev–Trinajstić information content (AvgIpc) is 3.47. The Morgan fingerprint density at radius 3 is 2.60 bits per heavy atom. The second kappa shape index (κ2) is 10.9. The van der Waals surface area contributed by atoms with Gasteiger partial charge >= 0.3 is 0 Å². The molecule has 3 aromatic rings. The number of carbonyl (C=O) groups excluding carboxylic acids is 2. The van der Waals surface area contributed by atoms with Gasteiger partial charge in [0.2, 0.25) is 5.91 Å². The van der Waals surface area contributed by atoms with Crippen molar-refractivity contribution in [1.82, 2.24) is 19.7 Å². The molecule has 0 spiro atoms. The predicted octanol–water partition coefficient (Wildman–Crippen LogP) is 5.10. The third kappa shape index (κ3) is 5.65. The van der Waals surface area contributed by atoms with Gasteiger partial charge in [-0.25, -0.2) is 0 Å². The van der Waals surface area contributed by atoms with E-state index in [1.54, 1.807) is 6.08 Å². The molecule has 1 N–H and O–H groups in total. The second-order valence-corrected chi connectivity index (χ2v) is 9.84. The van der Waals surface area contributed by atoms with E-state index in [2.05, 4.69) is 22.1 Å². The first-order valence-electron chi connectivity index (χ1n) is 11.8. The molecule has 0 radical (unpaired) electrons. The van der Waals surface area contributed by atoms with Crippen molar-refractivity contribution >= 4 is 29.3 Å². The number of nitrogens with zero attached hydrogens (tertiary/aromatic N) is 4. The topological polar surface area (TPSA) is 80.1 Å². The van der Waals surface area contributed by atoms with Gasteiger partial charge in [-0.3, -0.25) is 9.59 Å². The maximum absolute atomic E-state index is 13.2. The van der Waals surface area contributed by atoms with Crippen LogP contribution in [-0.4, -0.2) is 43.8 Å². The number of hydrogen-bond acceptors (Lipinski definition) is 5. The Kier molecular flexibility index (Phi) is 7.70. The minimum absolute atomic E-state index is 0.00243. The van der Waals surface area contributed by atoms with Gasteiger partial charge in [0.25, 0.3) is 5.91 Å². The van der Waals surface area contributed by atoms with Crippen molar-refractivity contribution in [3.63, 3.8) is 0 Å². The molecular formula is C27H31N5O2S. The maximum atomic E-state index is 13.2. The SMILES string of the molecule is C=CCn1c(SCC(=O)Nc2ccc(C)c(C)c2)nnc1C1CCCN1C(=O)c1ccc(C)cc1. The van der Waals surface area contributed by atoms with Crippen LogP contribution < -0.4 is 5.32 Å². The molecule has 0 aliphatic carbocycles. The van der Waals surface area contributed by atoms with E-state index >= 15 is 0 Å². The van der Waals surface area contributed by atoms with E-state index in [4.69, 9.17) is 0 Å². The monoisotopic (exact) mass is 489 g/mol. The number of rotatable bonds is 8. The number of benzene rings is 2. The predicted molar refractivity (Wildman–Crippen MR) is 140 cm³/mol. The molecule has 2 heterocycles. The molecule has 1 saturated heterocycles. The minimum Gasteiger partial charge on any atom is -0.328 e. The number of likely N-dealkylation sites (tertiary alicyclic amines) is 1. The highest BCUT2D eigenvalue weighted by Crippen LogP contribution is 2.34. The molecule has 0 bridgehead atoms. The fourth-order valence-corrected chi connectivity index (χ4v) is 5.00. The molecule has 35 heavy (non-hydrogen) atoms. The fourth-order valence-electron chi connectivity index (χ4n) is 4.24. The van der Waals surface area contributed by atoms with Crippen LogP contribution in [0.15, 0.2) is 60.3 Å². The minimum atomic E-state index is -0.157.